The minimum absolute atomic E-state index is 0.0867. The molecule has 0 bridgehead atoms. The van der Waals surface area contributed by atoms with Crippen LogP contribution in [-0.2, 0) is 16.1 Å². The Morgan fingerprint density at radius 3 is 2.88 bits per heavy atom. The molecule has 0 amide bonds. The smallest absolute Gasteiger partial charge is 0.305 e. The normalized spacial score (nSPS) is 10.2. The molecule has 0 aromatic heterocycles. The number of hydrogen-bond donors (Lipinski definition) is 2. The monoisotopic (exact) mass is 241 g/mol. The van der Waals surface area contributed by atoms with Crippen LogP contribution < -0.4 is 5.32 Å². The first-order valence-electron chi connectivity index (χ1n) is 5.38. The number of nitrogens with one attached hydrogen (secondary N) is 1. The van der Waals surface area contributed by atoms with Crippen molar-refractivity contribution in [3.8, 4) is 5.75 Å². The quantitative estimate of drug-likeness (QED) is 0.586. The van der Waals surface area contributed by atoms with Crippen LogP contribution in [0.5, 0.6) is 5.75 Å². The van der Waals surface area contributed by atoms with Gasteiger partial charge in [-0.2, -0.15) is 0 Å². The number of halogens is 1. The molecule has 94 valence electrons. The third-order valence-corrected chi connectivity index (χ3v) is 2.23. The third kappa shape index (κ3) is 5.31. The summed E-state index contributed by atoms with van der Waals surface area (Å²) in [6, 6.07) is 3.91. The Morgan fingerprint density at radius 1 is 1.47 bits per heavy atom. The van der Waals surface area contributed by atoms with Gasteiger partial charge in [-0.15, -0.1) is 0 Å². The van der Waals surface area contributed by atoms with Crippen molar-refractivity contribution < 1.29 is 19.0 Å². The van der Waals surface area contributed by atoms with Crippen molar-refractivity contribution in [2.24, 2.45) is 0 Å². The number of carbonyl (C=O) groups excluding carboxylic acids is 1. The van der Waals surface area contributed by atoms with E-state index < -0.39 is 5.82 Å². The van der Waals surface area contributed by atoms with Gasteiger partial charge in [0.05, 0.1) is 7.11 Å². The van der Waals surface area contributed by atoms with Crippen molar-refractivity contribution in [3.05, 3.63) is 29.6 Å². The van der Waals surface area contributed by atoms with Crippen LogP contribution in [0.4, 0.5) is 4.39 Å². The number of esters is 1. The first-order chi connectivity index (χ1) is 8.11. The molecular weight excluding hydrogens is 225 g/mol. The van der Waals surface area contributed by atoms with E-state index in [-0.39, 0.29) is 11.7 Å². The summed E-state index contributed by atoms with van der Waals surface area (Å²) in [5, 5.41) is 12.2. The maximum Gasteiger partial charge on any atom is 0.305 e. The van der Waals surface area contributed by atoms with Crippen LogP contribution in [-0.4, -0.2) is 24.7 Å². The van der Waals surface area contributed by atoms with E-state index in [4.69, 9.17) is 0 Å². The summed E-state index contributed by atoms with van der Waals surface area (Å²) >= 11 is 0. The number of aromatic hydroxyl groups is 1. The van der Waals surface area contributed by atoms with E-state index in [1.54, 1.807) is 0 Å². The van der Waals surface area contributed by atoms with Crippen LogP contribution in [0.3, 0.4) is 0 Å². The van der Waals surface area contributed by atoms with Gasteiger partial charge in [-0.05, 0) is 30.7 Å². The fourth-order valence-electron chi connectivity index (χ4n) is 1.43. The number of methoxy groups -OCH3 is 1. The molecule has 0 spiro atoms. The van der Waals surface area contributed by atoms with Crippen molar-refractivity contribution in [1.82, 2.24) is 5.32 Å². The number of hydrogen-bond acceptors (Lipinski definition) is 4. The molecule has 0 aliphatic heterocycles. The first-order valence-corrected chi connectivity index (χ1v) is 5.38. The Labute approximate surface area is 99.4 Å². The van der Waals surface area contributed by atoms with Gasteiger partial charge >= 0.3 is 5.97 Å². The highest BCUT2D eigenvalue weighted by molar-refractivity contribution is 5.69. The van der Waals surface area contributed by atoms with Crippen LogP contribution in [0.15, 0.2) is 18.2 Å². The Hall–Kier alpha value is -1.62. The number of rotatable bonds is 6. The zero-order chi connectivity index (χ0) is 12.7. The summed E-state index contributed by atoms with van der Waals surface area (Å²) in [5.41, 5.74) is 0.667. The number of phenolic OH excluding ortho intramolecular Hbond substituents is 1. The Kier molecular flexibility index (Phi) is 5.42. The van der Waals surface area contributed by atoms with E-state index >= 15 is 0 Å². The highest BCUT2D eigenvalue weighted by atomic mass is 19.1. The average Bonchev–Trinajstić information content (AvgIpc) is 2.27. The Morgan fingerprint density at radius 2 is 2.24 bits per heavy atom. The lowest BCUT2D eigenvalue weighted by atomic mass is 10.2. The predicted octanol–water partition coefficient (Wildman–Crippen LogP) is 1.57. The van der Waals surface area contributed by atoms with Crippen molar-refractivity contribution in [3.63, 3.8) is 0 Å². The molecule has 0 heterocycles. The van der Waals surface area contributed by atoms with Crippen LogP contribution >= 0.6 is 0 Å². The SMILES string of the molecule is COC(=O)CCCNCc1cc(O)cc(F)c1. The summed E-state index contributed by atoms with van der Waals surface area (Å²) in [7, 11) is 1.35. The van der Waals surface area contributed by atoms with Crippen LogP contribution in [0.25, 0.3) is 0 Å². The molecule has 0 radical (unpaired) electrons. The number of benzene rings is 1. The molecule has 1 rings (SSSR count). The van der Waals surface area contributed by atoms with Gasteiger partial charge in [0.2, 0.25) is 0 Å². The maximum atomic E-state index is 12.9. The molecule has 0 fully saturated rings. The molecular formula is C12H16FNO3. The van der Waals surface area contributed by atoms with E-state index in [1.807, 2.05) is 0 Å². The Bertz CT molecular complexity index is 362. The van der Waals surface area contributed by atoms with Gasteiger partial charge in [0.1, 0.15) is 11.6 Å². The molecule has 1 aromatic carbocycles. The average molecular weight is 241 g/mol. The molecule has 0 saturated heterocycles. The summed E-state index contributed by atoms with van der Waals surface area (Å²) in [6.45, 7) is 1.08. The number of carbonyl (C=O) groups is 1. The molecule has 0 aliphatic carbocycles. The summed E-state index contributed by atoms with van der Waals surface area (Å²) in [6.07, 6.45) is 1.02. The lowest BCUT2D eigenvalue weighted by Crippen LogP contribution is -2.16. The second-order valence-electron chi connectivity index (χ2n) is 3.67. The highest BCUT2D eigenvalue weighted by Gasteiger charge is 2.01. The Balaban J connectivity index is 2.24. The molecule has 0 saturated carbocycles. The molecule has 17 heavy (non-hydrogen) atoms. The van der Waals surface area contributed by atoms with Crippen LogP contribution in [0, 0.1) is 5.82 Å². The summed E-state index contributed by atoms with van der Waals surface area (Å²) in [5.74, 6) is -0.789. The minimum atomic E-state index is -0.462. The zero-order valence-electron chi connectivity index (χ0n) is 9.70. The van der Waals surface area contributed by atoms with E-state index in [2.05, 4.69) is 10.1 Å². The standard InChI is InChI=1S/C12H16FNO3/c1-17-12(16)3-2-4-14-8-9-5-10(13)7-11(15)6-9/h5-7,14-15H,2-4,8H2,1H3. The van der Waals surface area contributed by atoms with Crippen molar-refractivity contribution in [2.45, 2.75) is 19.4 Å². The lowest BCUT2D eigenvalue weighted by molar-refractivity contribution is -0.140. The van der Waals surface area contributed by atoms with E-state index in [0.717, 1.165) is 6.07 Å². The molecule has 1 aromatic rings. The minimum Gasteiger partial charge on any atom is -0.508 e. The second-order valence-corrected chi connectivity index (χ2v) is 3.67. The van der Waals surface area contributed by atoms with Crippen molar-refractivity contribution in [1.29, 1.82) is 0 Å². The summed E-state index contributed by atoms with van der Waals surface area (Å²) in [4.78, 5) is 10.8. The molecule has 0 unspecified atom stereocenters. The number of ether oxygens (including phenoxy) is 1. The number of phenols is 1. The van der Waals surface area contributed by atoms with Crippen molar-refractivity contribution >= 4 is 5.97 Å². The molecule has 2 N–H and O–H groups in total. The molecule has 4 nitrogen and oxygen atoms in total. The lowest BCUT2D eigenvalue weighted by Gasteiger charge is -2.05. The molecule has 0 aliphatic rings. The predicted molar refractivity (Wildman–Crippen MR) is 61.0 cm³/mol. The van der Waals surface area contributed by atoms with Gasteiger partial charge in [-0.25, -0.2) is 4.39 Å². The van der Waals surface area contributed by atoms with Gasteiger partial charge in [0.15, 0.2) is 0 Å². The van der Waals surface area contributed by atoms with E-state index in [9.17, 15) is 14.3 Å². The third-order valence-electron chi connectivity index (χ3n) is 2.23. The maximum absolute atomic E-state index is 12.9. The van der Waals surface area contributed by atoms with Gasteiger partial charge in [0.25, 0.3) is 0 Å². The second kappa shape index (κ2) is 6.85. The van der Waals surface area contributed by atoms with Gasteiger partial charge in [-0.3, -0.25) is 4.79 Å². The summed E-state index contributed by atoms with van der Waals surface area (Å²) < 4.78 is 17.4. The zero-order valence-corrected chi connectivity index (χ0v) is 9.70. The van der Waals surface area contributed by atoms with E-state index in [0.29, 0.717) is 31.5 Å². The van der Waals surface area contributed by atoms with Gasteiger partial charge in [0, 0.05) is 19.0 Å². The molecule has 5 heteroatoms. The van der Waals surface area contributed by atoms with Crippen LogP contribution in [0.2, 0.25) is 0 Å². The largest absolute Gasteiger partial charge is 0.508 e. The fourth-order valence-corrected chi connectivity index (χ4v) is 1.43. The van der Waals surface area contributed by atoms with E-state index in [1.165, 1.54) is 19.2 Å². The fraction of sp³-hybridized carbons (Fsp3) is 0.417. The topological polar surface area (TPSA) is 58.6 Å². The van der Waals surface area contributed by atoms with Crippen molar-refractivity contribution in [2.75, 3.05) is 13.7 Å². The highest BCUT2D eigenvalue weighted by Crippen LogP contribution is 2.14. The molecule has 0 atom stereocenters. The van der Waals surface area contributed by atoms with Crippen LogP contribution in [0.1, 0.15) is 18.4 Å². The first kappa shape index (κ1) is 13.4. The van der Waals surface area contributed by atoms with Gasteiger partial charge in [-0.1, -0.05) is 0 Å². The van der Waals surface area contributed by atoms with Gasteiger partial charge < -0.3 is 15.2 Å².